The van der Waals surface area contributed by atoms with Crippen molar-refractivity contribution in [3.05, 3.63) is 60.8 Å². The van der Waals surface area contributed by atoms with Crippen molar-refractivity contribution in [2.24, 2.45) is 0 Å². The molecule has 3 atom stereocenters. The van der Waals surface area contributed by atoms with E-state index in [1.165, 1.54) is 96.3 Å². The van der Waals surface area contributed by atoms with Gasteiger partial charge in [-0.1, -0.05) is 223 Å². The Bertz CT molecular complexity index is 1440. The van der Waals surface area contributed by atoms with E-state index in [-0.39, 0.29) is 25.9 Å². The van der Waals surface area contributed by atoms with Gasteiger partial charge in [-0.3, -0.25) is 23.4 Å². The summed E-state index contributed by atoms with van der Waals surface area (Å²) >= 11 is 0. The quantitative estimate of drug-likeness (QED) is 0.0197. The summed E-state index contributed by atoms with van der Waals surface area (Å²) in [5, 5.41) is 9.82. The topological polar surface area (TPSA) is 155 Å². The highest BCUT2D eigenvalue weighted by Crippen LogP contribution is 2.43. The van der Waals surface area contributed by atoms with E-state index < -0.39 is 57.8 Å². The third-order valence-electron chi connectivity index (χ3n) is 12.4. The summed E-state index contributed by atoms with van der Waals surface area (Å²) in [4.78, 5) is 48.5. The number of aliphatic hydroxyl groups is 1. The summed E-state index contributed by atoms with van der Waals surface area (Å²) in [7, 11) is -4.75. The van der Waals surface area contributed by atoms with Gasteiger partial charge in [-0.15, -0.1) is 0 Å². The third kappa shape index (κ3) is 52.1. The summed E-state index contributed by atoms with van der Waals surface area (Å²) in [6.07, 6.45) is 58.9. The Kier molecular flexibility index (Phi) is 52.3. The Labute approximate surface area is 440 Å². The summed E-state index contributed by atoms with van der Waals surface area (Å²) in [6, 6.07) is 0. The maximum absolute atomic E-state index is 12.9. The fourth-order valence-corrected chi connectivity index (χ4v) is 8.77. The lowest BCUT2D eigenvalue weighted by atomic mass is 10.0. The van der Waals surface area contributed by atoms with E-state index in [0.29, 0.717) is 19.3 Å². The first kappa shape index (κ1) is 69.2. The Morgan fingerprint density at radius 1 is 0.403 bits per heavy atom. The molecule has 0 aromatic heterocycles. The van der Waals surface area contributed by atoms with E-state index in [1.54, 1.807) is 0 Å². The fourth-order valence-electron chi connectivity index (χ4n) is 7.99. The predicted molar refractivity (Wildman–Crippen MR) is 298 cm³/mol. The number of esters is 3. The van der Waals surface area contributed by atoms with Crippen molar-refractivity contribution in [2.75, 3.05) is 26.4 Å². The van der Waals surface area contributed by atoms with Gasteiger partial charge in [-0.2, -0.15) is 0 Å². The van der Waals surface area contributed by atoms with E-state index in [9.17, 15) is 28.9 Å². The summed E-state index contributed by atoms with van der Waals surface area (Å²) in [5.41, 5.74) is 0. The number of rotatable bonds is 54. The molecular weight excluding hydrogens is 928 g/mol. The van der Waals surface area contributed by atoms with Crippen molar-refractivity contribution in [3.63, 3.8) is 0 Å². The van der Waals surface area contributed by atoms with Crippen LogP contribution in [0.1, 0.15) is 265 Å². The van der Waals surface area contributed by atoms with E-state index in [1.807, 2.05) is 0 Å². The van der Waals surface area contributed by atoms with Crippen LogP contribution in [0.4, 0.5) is 0 Å². The number of carbonyl (C=O) groups excluding carboxylic acids is 3. The van der Waals surface area contributed by atoms with Gasteiger partial charge in [0.05, 0.1) is 19.8 Å². The predicted octanol–water partition coefficient (Wildman–Crippen LogP) is 17.1. The van der Waals surface area contributed by atoms with Crippen LogP contribution in [0.2, 0.25) is 0 Å². The first-order chi connectivity index (χ1) is 35.2. The Morgan fingerprint density at radius 2 is 0.722 bits per heavy atom. The van der Waals surface area contributed by atoms with Crippen LogP contribution >= 0.6 is 7.82 Å². The molecule has 418 valence electrons. The summed E-state index contributed by atoms with van der Waals surface area (Å²) in [5.74, 6) is -1.49. The van der Waals surface area contributed by atoms with Crippen LogP contribution in [0.15, 0.2) is 60.8 Å². The van der Waals surface area contributed by atoms with Crippen molar-refractivity contribution < 1.29 is 52.2 Å². The lowest BCUT2D eigenvalue weighted by Gasteiger charge is -2.21. The Morgan fingerprint density at radius 3 is 1.14 bits per heavy atom. The van der Waals surface area contributed by atoms with Crippen LogP contribution in [-0.4, -0.2) is 66.5 Å². The van der Waals surface area contributed by atoms with Crippen LogP contribution < -0.4 is 0 Å². The van der Waals surface area contributed by atoms with Crippen molar-refractivity contribution in [1.82, 2.24) is 0 Å². The molecule has 0 aromatic carbocycles. The van der Waals surface area contributed by atoms with E-state index in [0.717, 1.165) is 109 Å². The van der Waals surface area contributed by atoms with Crippen LogP contribution in [-0.2, 0) is 42.2 Å². The number of carbonyl (C=O) groups is 3. The SMILES string of the molecule is CC/C=C\C/C=C\C/C=C\C/C=C\CCCCCCC(=O)OC(COC(=O)CCCCCCC/C=C\CCCCCC)COP(=O)(O)OCC(CO)OC(=O)CCCCCCCCCCCCCCCCC. The molecule has 0 saturated carbocycles. The van der Waals surface area contributed by atoms with Crippen molar-refractivity contribution >= 4 is 25.7 Å². The van der Waals surface area contributed by atoms with Gasteiger partial charge in [-0.05, 0) is 83.5 Å². The molecule has 0 fully saturated rings. The van der Waals surface area contributed by atoms with Gasteiger partial charge in [-0.25, -0.2) is 4.57 Å². The molecule has 0 rings (SSSR count). The lowest BCUT2D eigenvalue weighted by Crippen LogP contribution is -2.30. The number of hydrogen-bond acceptors (Lipinski definition) is 10. The van der Waals surface area contributed by atoms with Gasteiger partial charge in [0, 0.05) is 19.3 Å². The van der Waals surface area contributed by atoms with Gasteiger partial charge < -0.3 is 24.2 Å². The molecule has 11 nitrogen and oxygen atoms in total. The normalized spacial score (nSPS) is 13.8. The molecule has 0 saturated heterocycles. The number of ether oxygens (including phenoxy) is 3. The smallest absolute Gasteiger partial charge is 0.462 e. The largest absolute Gasteiger partial charge is 0.472 e. The summed E-state index contributed by atoms with van der Waals surface area (Å²) < 4.78 is 39.5. The van der Waals surface area contributed by atoms with Gasteiger partial charge >= 0.3 is 25.7 Å². The number of allylic oxidation sites excluding steroid dienone is 10. The molecule has 0 radical (unpaired) electrons. The van der Waals surface area contributed by atoms with Crippen molar-refractivity contribution in [3.8, 4) is 0 Å². The first-order valence-corrected chi connectivity index (χ1v) is 30.7. The molecular formula is C60H107O11P. The highest BCUT2D eigenvalue weighted by atomic mass is 31.2. The second kappa shape index (κ2) is 54.4. The summed E-state index contributed by atoms with van der Waals surface area (Å²) in [6.45, 7) is 4.50. The second-order valence-electron chi connectivity index (χ2n) is 19.4. The van der Waals surface area contributed by atoms with E-state index in [2.05, 4.69) is 81.5 Å². The number of phosphoric acid groups is 1. The van der Waals surface area contributed by atoms with Crippen LogP contribution in [0.25, 0.3) is 0 Å². The molecule has 2 N–H and O–H groups in total. The molecule has 0 amide bonds. The average molecular weight is 1040 g/mol. The van der Waals surface area contributed by atoms with Crippen LogP contribution in [0, 0.1) is 0 Å². The van der Waals surface area contributed by atoms with Gasteiger partial charge in [0.1, 0.15) is 12.7 Å². The molecule has 0 bridgehead atoms. The molecule has 0 aliphatic rings. The fraction of sp³-hybridized carbons (Fsp3) is 0.783. The average Bonchev–Trinajstić information content (AvgIpc) is 3.37. The number of hydrogen-bond donors (Lipinski definition) is 2. The number of unbranched alkanes of at least 4 members (excludes halogenated alkanes) is 27. The zero-order valence-electron chi connectivity index (χ0n) is 46.1. The minimum atomic E-state index is -4.75. The molecule has 72 heavy (non-hydrogen) atoms. The van der Waals surface area contributed by atoms with Gasteiger partial charge in [0.2, 0.25) is 0 Å². The minimum Gasteiger partial charge on any atom is -0.462 e. The number of aliphatic hydroxyl groups excluding tert-OH is 1. The highest BCUT2D eigenvalue weighted by molar-refractivity contribution is 7.47. The Balaban J connectivity index is 4.74. The molecule has 12 heteroatoms. The van der Waals surface area contributed by atoms with Gasteiger partial charge in [0.15, 0.2) is 6.10 Å². The standard InChI is InChI=1S/C60H107O11P/c1-4-7-10-13-16-19-22-25-27-28-30-33-36-39-42-45-48-51-60(64)71-57(53-67-58(62)49-46-43-40-37-34-31-24-21-18-15-12-9-6-3)55-69-72(65,66)68-54-56(52-61)70-59(63)50-47-44-41-38-35-32-29-26-23-20-17-14-11-8-5-2/h7,10,16,19,21,24-25,27,30,33,56-57,61H,4-6,8-9,11-15,17-18,20,22-23,26,28-29,31-32,34-55H2,1-3H3,(H,65,66)/b10-7-,19-16-,24-21-,27-25-,33-30-. The van der Waals surface area contributed by atoms with Crippen LogP contribution in [0.3, 0.4) is 0 Å². The molecule has 3 unspecified atom stereocenters. The minimum absolute atomic E-state index is 0.138. The maximum atomic E-state index is 12.9. The van der Waals surface area contributed by atoms with Crippen molar-refractivity contribution in [2.45, 2.75) is 277 Å². The Hall–Kier alpha value is -2.82. The number of phosphoric ester groups is 1. The molecule has 0 aromatic rings. The monoisotopic (exact) mass is 1030 g/mol. The molecule has 0 heterocycles. The molecule has 0 spiro atoms. The van der Waals surface area contributed by atoms with Crippen molar-refractivity contribution in [1.29, 1.82) is 0 Å². The first-order valence-electron chi connectivity index (χ1n) is 29.2. The lowest BCUT2D eigenvalue weighted by molar-refractivity contribution is -0.161. The molecule has 0 aliphatic carbocycles. The molecule has 0 aliphatic heterocycles. The zero-order valence-corrected chi connectivity index (χ0v) is 47.0. The third-order valence-corrected chi connectivity index (χ3v) is 13.4. The zero-order chi connectivity index (χ0) is 52.7. The highest BCUT2D eigenvalue weighted by Gasteiger charge is 2.28. The van der Waals surface area contributed by atoms with Crippen LogP contribution in [0.5, 0.6) is 0 Å². The maximum Gasteiger partial charge on any atom is 0.472 e. The van der Waals surface area contributed by atoms with Gasteiger partial charge in [0.25, 0.3) is 0 Å². The van der Waals surface area contributed by atoms with E-state index in [4.69, 9.17) is 23.3 Å². The van der Waals surface area contributed by atoms with E-state index >= 15 is 0 Å². The second-order valence-corrected chi connectivity index (χ2v) is 20.9.